The fourth-order valence-electron chi connectivity index (χ4n) is 1.67. The van der Waals surface area contributed by atoms with E-state index in [1.54, 1.807) is 18.2 Å². The predicted octanol–water partition coefficient (Wildman–Crippen LogP) is 3.37. The summed E-state index contributed by atoms with van der Waals surface area (Å²) in [6.45, 7) is -0.000483. The number of nitriles is 1. The summed E-state index contributed by atoms with van der Waals surface area (Å²) in [4.78, 5) is 0. The summed E-state index contributed by atoms with van der Waals surface area (Å²) < 4.78 is 0. The SMILES string of the molecule is N#Cc1cc(Cl)cc(-c2cccc(CO)c2)c1. The monoisotopic (exact) mass is 243 g/mol. The lowest BCUT2D eigenvalue weighted by Crippen LogP contribution is -1.85. The minimum atomic E-state index is -0.000483. The highest BCUT2D eigenvalue weighted by atomic mass is 35.5. The third-order valence-electron chi connectivity index (χ3n) is 2.47. The molecule has 2 aromatic carbocycles. The summed E-state index contributed by atoms with van der Waals surface area (Å²) in [5.74, 6) is 0. The minimum Gasteiger partial charge on any atom is -0.392 e. The van der Waals surface area contributed by atoms with Crippen LogP contribution in [-0.4, -0.2) is 5.11 Å². The Morgan fingerprint density at radius 2 is 1.94 bits per heavy atom. The van der Waals surface area contributed by atoms with Gasteiger partial charge in [0.05, 0.1) is 18.2 Å². The van der Waals surface area contributed by atoms with Crippen molar-refractivity contribution in [3.8, 4) is 17.2 Å². The first-order valence-electron chi connectivity index (χ1n) is 5.14. The summed E-state index contributed by atoms with van der Waals surface area (Å²) in [6.07, 6.45) is 0. The van der Waals surface area contributed by atoms with Crippen molar-refractivity contribution in [2.24, 2.45) is 0 Å². The number of halogens is 1. The molecule has 0 saturated heterocycles. The molecule has 0 bridgehead atoms. The zero-order chi connectivity index (χ0) is 12.3. The van der Waals surface area contributed by atoms with Gasteiger partial charge in [-0.15, -0.1) is 0 Å². The van der Waals surface area contributed by atoms with Crippen LogP contribution < -0.4 is 0 Å². The van der Waals surface area contributed by atoms with E-state index in [4.69, 9.17) is 22.0 Å². The summed E-state index contributed by atoms with van der Waals surface area (Å²) in [6, 6.07) is 14.8. The molecule has 2 rings (SSSR count). The molecule has 84 valence electrons. The first kappa shape index (κ1) is 11.7. The Balaban J connectivity index is 2.52. The number of aliphatic hydroxyl groups excluding tert-OH is 1. The van der Waals surface area contributed by atoms with Crippen molar-refractivity contribution in [2.45, 2.75) is 6.61 Å². The predicted molar refractivity (Wildman–Crippen MR) is 67.5 cm³/mol. The largest absolute Gasteiger partial charge is 0.392 e. The first-order chi connectivity index (χ1) is 8.22. The standard InChI is InChI=1S/C14H10ClNO/c15-14-6-11(8-16)5-13(7-14)12-3-1-2-10(4-12)9-17/h1-7,17H,9H2. The van der Waals surface area contributed by atoms with Gasteiger partial charge in [0, 0.05) is 5.02 Å². The van der Waals surface area contributed by atoms with Gasteiger partial charge in [-0.1, -0.05) is 29.8 Å². The molecule has 3 heteroatoms. The Bertz CT molecular complexity index is 587. The maximum absolute atomic E-state index is 9.09. The van der Waals surface area contributed by atoms with Gasteiger partial charge < -0.3 is 5.11 Å². The molecule has 2 aromatic rings. The average molecular weight is 244 g/mol. The van der Waals surface area contributed by atoms with Gasteiger partial charge in [-0.05, 0) is 41.0 Å². The molecular formula is C14H10ClNO. The van der Waals surface area contributed by atoms with Crippen LogP contribution in [0.15, 0.2) is 42.5 Å². The van der Waals surface area contributed by atoms with Gasteiger partial charge in [0.2, 0.25) is 0 Å². The van der Waals surface area contributed by atoms with E-state index in [-0.39, 0.29) is 6.61 Å². The van der Waals surface area contributed by atoms with Crippen LogP contribution in [0.2, 0.25) is 5.02 Å². The number of hydrogen-bond acceptors (Lipinski definition) is 2. The van der Waals surface area contributed by atoms with Crippen molar-refractivity contribution in [3.05, 3.63) is 58.6 Å². The molecule has 0 aliphatic heterocycles. The van der Waals surface area contributed by atoms with Crippen molar-refractivity contribution in [3.63, 3.8) is 0 Å². The smallest absolute Gasteiger partial charge is 0.0992 e. The second kappa shape index (κ2) is 5.01. The highest BCUT2D eigenvalue weighted by Crippen LogP contribution is 2.25. The molecule has 17 heavy (non-hydrogen) atoms. The Morgan fingerprint density at radius 1 is 1.12 bits per heavy atom. The number of benzene rings is 2. The van der Waals surface area contributed by atoms with Crippen LogP contribution in [-0.2, 0) is 6.61 Å². The Kier molecular flexibility index (Phi) is 3.43. The van der Waals surface area contributed by atoms with E-state index < -0.39 is 0 Å². The van der Waals surface area contributed by atoms with Crippen molar-refractivity contribution in [1.82, 2.24) is 0 Å². The van der Waals surface area contributed by atoms with Gasteiger partial charge in [0.25, 0.3) is 0 Å². The minimum absolute atomic E-state index is 0.000483. The molecule has 0 aliphatic carbocycles. The normalized spacial score (nSPS) is 9.94. The number of hydrogen-bond donors (Lipinski definition) is 1. The van der Waals surface area contributed by atoms with Crippen LogP contribution in [0.4, 0.5) is 0 Å². The molecule has 0 fully saturated rings. The van der Waals surface area contributed by atoms with Gasteiger partial charge in [0.15, 0.2) is 0 Å². The summed E-state index contributed by atoms with van der Waals surface area (Å²) in [7, 11) is 0. The summed E-state index contributed by atoms with van der Waals surface area (Å²) >= 11 is 5.95. The molecule has 0 atom stereocenters. The van der Waals surface area contributed by atoms with Crippen molar-refractivity contribution >= 4 is 11.6 Å². The quantitative estimate of drug-likeness (QED) is 0.879. The van der Waals surface area contributed by atoms with Crippen molar-refractivity contribution in [1.29, 1.82) is 5.26 Å². The lowest BCUT2D eigenvalue weighted by molar-refractivity contribution is 0.282. The molecule has 0 aromatic heterocycles. The van der Waals surface area contributed by atoms with E-state index in [1.165, 1.54) is 0 Å². The third-order valence-corrected chi connectivity index (χ3v) is 2.69. The highest BCUT2D eigenvalue weighted by Gasteiger charge is 2.03. The maximum atomic E-state index is 9.09. The molecule has 0 saturated carbocycles. The highest BCUT2D eigenvalue weighted by molar-refractivity contribution is 6.31. The zero-order valence-electron chi connectivity index (χ0n) is 9.02. The van der Waals surface area contributed by atoms with Crippen molar-refractivity contribution in [2.75, 3.05) is 0 Å². The fraction of sp³-hybridized carbons (Fsp3) is 0.0714. The first-order valence-corrected chi connectivity index (χ1v) is 5.51. The molecular weight excluding hydrogens is 234 g/mol. The second-order valence-corrected chi connectivity index (χ2v) is 4.14. The molecule has 0 radical (unpaired) electrons. The van der Waals surface area contributed by atoms with Crippen molar-refractivity contribution < 1.29 is 5.11 Å². The van der Waals surface area contributed by atoms with Gasteiger partial charge in [0.1, 0.15) is 0 Å². The Labute approximate surface area is 105 Å². The third kappa shape index (κ3) is 2.65. The van der Waals surface area contributed by atoms with Crippen LogP contribution >= 0.6 is 11.6 Å². The zero-order valence-corrected chi connectivity index (χ0v) is 9.78. The van der Waals surface area contributed by atoms with Gasteiger partial charge >= 0.3 is 0 Å². The molecule has 0 amide bonds. The van der Waals surface area contributed by atoms with E-state index in [0.29, 0.717) is 10.6 Å². The van der Waals surface area contributed by atoms with Gasteiger partial charge in [-0.2, -0.15) is 5.26 Å². The van der Waals surface area contributed by atoms with Crippen LogP contribution in [0.5, 0.6) is 0 Å². The number of aliphatic hydroxyl groups is 1. The fourth-order valence-corrected chi connectivity index (χ4v) is 1.91. The van der Waals surface area contributed by atoms with E-state index in [1.807, 2.05) is 24.3 Å². The molecule has 1 N–H and O–H groups in total. The molecule has 0 spiro atoms. The Hall–Kier alpha value is -1.82. The van der Waals surface area contributed by atoms with E-state index >= 15 is 0 Å². The maximum Gasteiger partial charge on any atom is 0.0992 e. The van der Waals surface area contributed by atoms with Crippen LogP contribution in [0.1, 0.15) is 11.1 Å². The van der Waals surface area contributed by atoms with Gasteiger partial charge in [-0.25, -0.2) is 0 Å². The number of nitrogens with zero attached hydrogens (tertiary/aromatic N) is 1. The summed E-state index contributed by atoms with van der Waals surface area (Å²) in [5, 5.41) is 18.5. The molecule has 2 nitrogen and oxygen atoms in total. The summed E-state index contributed by atoms with van der Waals surface area (Å²) in [5.41, 5.74) is 3.18. The lowest BCUT2D eigenvalue weighted by atomic mass is 10.0. The molecule has 0 heterocycles. The molecule has 0 unspecified atom stereocenters. The topological polar surface area (TPSA) is 44.0 Å². The second-order valence-electron chi connectivity index (χ2n) is 3.70. The van der Waals surface area contributed by atoms with Crippen LogP contribution in [0, 0.1) is 11.3 Å². The van der Waals surface area contributed by atoms with Crippen LogP contribution in [0.25, 0.3) is 11.1 Å². The molecule has 0 aliphatic rings. The Morgan fingerprint density at radius 3 is 2.65 bits per heavy atom. The average Bonchev–Trinajstić information content (AvgIpc) is 2.38. The van der Waals surface area contributed by atoms with Gasteiger partial charge in [-0.3, -0.25) is 0 Å². The number of rotatable bonds is 2. The van der Waals surface area contributed by atoms with E-state index in [9.17, 15) is 0 Å². The lowest BCUT2D eigenvalue weighted by Gasteiger charge is -2.05. The van der Waals surface area contributed by atoms with E-state index in [0.717, 1.165) is 16.7 Å². The van der Waals surface area contributed by atoms with E-state index in [2.05, 4.69) is 6.07 Å². The van der Waals surface area contributed by atoms with Crippen LogP contribution in [0.3, 0.4) is 0 Å².